The highest BCUT2D eigenvalue weighted by molar-refractivity contribution is 5.96. The van der Waals surface area contributed by atoms with Gasteiger partial charge in [-0.1, -0.05) is 56.3 Å². The number of nitrogens with one attached hydrogen (secondary N) is 2. The maximum absolute atomic E-state index is 13.0. The summed E-state index contributed by atoms with van der Waals surface area (Å²) < 4.78 is 16.4. The number of hydrogen-bond acceptors (Lipinski definition) is 7. The molecule has 0 bridgehead atoms. The van der Waals surface area contributed by atoms with E-state index in [0.29, 0.717) is 43.1 Å². The van der Waals surface area contributed by atoms with E-state index in [1.807, 2.05) is 36.4 Å². The number of amides is 2. The first-order valence-corrected chi connectivity index (χ1v) is 14.0. The Labute approximate surface area is 238 Å². The Morgan fingerprint density at radius 2 is 1.60 bits per heavy atom. The van der Waals surface area contributed by atoms with Crippen LogP contribution < -0.4 is 21.1 Å². The fourth-order valence-corrected chi connectivity index (χ4v) is 4.34. The Hall–Kier alpha value is -2.98. The van der Waals surface area contributed by atoms with Gasteiger partial charge in [0.1, 0.15) is 5.75 Å². The highest BCUT2D eigenvalue weighted by atomic mass is 16.5. The lowest BCUT2D eigenvalue weighted by molar-refractivity contribution is -0.143. The van der Waals surface area contributed by atoms with E-state index in [9.17, 15) is 14.7 Å². The zero-order chi connectivity index (χ0) is 29.5. The molecular weight excluding hydrogens is 510 g/mol. The fourth-order valence-electron chi connectivity index (χ4n) is 4.34. The number of benzene rings is 2. The van der Waals surface area contributed by atoms with Gasteiger partial charge in [-0.3, -0.25) is 9.59 Å². The van der Waals surface area contributed by atoms with Crippen LogP contribution in [0, 0.1) is 11.8 Å². The van der Waals surface area contributed by atoms with Crippen molar-refractivity contribution >= 4 is 11.8 Å². The number of methoxy groups -OCH3 is 2. The van der Waals surface area contributed by atoms with Crippen molar-refractivity contribution in [2.75, 3.05) is 40.5 Å². The molecule has 0 radical (unpaired) electrons. The summed E-state index contributed by atoms with van der Waals surface area (Å²) in [5.74, 6) is 0.175. The van der Waals surface area contributed by atoms with Crippen molar-refractivity contribution in [2.45, 2.75) is 57.8 Å². The van der Waals surface area contributed by atoms with E-state index >= 15 is 0 Å². The first kappa shape index (κ1) is 33.2. The predicted molar refractivity (Wildman–Crippen MR) is 156 cm³/mol. The number of nitrogens with two attached hydrogens (primary N) is 1. The molecule has 5 N–H and O–H groups in total. The van der Waals surface area contributed by atoms with Crippen molar-refractivity contribution in [1.82, 2.24) is 10.6 Å². The van der Waals surface area contributed by atoms with Gasteiger partial charge in [-0.15, -0.1) is 0 Å². The zero-order valence-electron chi connectivity index (χ0n) is 24.5. The fraction of sp³-hybridized carbons (Fsp3) is 0.548. The molecule has 0 spiro atoms. The third kappa shape index (κ3) is 9.89. The largest absolute Gasteiger partial charge is 0.493 e. The number of aliphatic hydroxyl groups is 1. The maximum Gasteiger partial charge on any atom is 0.256 e. The van der Waals surface area contributed by atoms with Crippen LogP contribution in [0.3, 0.4) is 0 Å². The molecule has 0 aromatic heterocycles. The van der Waals surface area contributed by atoms with Crippen LogP contribution >= 0.6 is 0 Å². The average molecular weight is 558 g/mol. The quantitative estimate of drug-likeness (QED) is 0.207. The standard InChI is InChI=1S/C31H47N3O6/c1-22(2)23(20-33-29(36)25-15-9-10-16-28(25)40-18-12-11-17-38-4)19-26(32)27(35)21-34-30(37)31(3,39-5)24-13-7-6-8-14-24/h6-10,13-16,22-23,26-27,35H,11-12,17-21,32H2,1-5H3,(H,33,36)(H,34,37). The van der Waals surface area contributed by atoms with E-state index in [1.54, 1.807) is 32.2 Å². The van der Waals surface area contributed by atoms with Crippen molar-refractivity contribution in [3.05, 3.63) is 65.7 Å². The second-order valence-corrected chi connectivity index (χ2v) is 10.5. The van der Waals surface area contributed by atoms with Crippen molar-refractivity contribution in [2.24, 2.45) is 17.6 Å². The summed E-state index contributed by atoms with van der Waals surface area (Å²) in [6, 6.07) is 15.8. The second-order valence-electron chi connectivity index (χ2n) is 10.5. The molecule has 40 heavy (non-hydrogen) atoms. The van der Waals surface area contributed by atoms with Crippen LogP contribution in [0.15, 0.2) is 54.6 Å². The minimum Gasteiger partial charge on any atom is -0.493 e. The second kappa shape index (κ2) is 17.0. The van der Waals surface area contributed by atoms with Gasteiger partial charge in [0.15, 0.2) is 5.60 Å². The third-order valence-corrected chi connectivity index (χ3v) is 7.31. The molecule has 9 heteroatoms. The Kier molecular flexibility index (Phi) is 14.1. The molecule has 0 saturated carbocycles. The lowest BCUT2D eigenvalue weighted by Gasteiger charge is -2.30. The minimum absolute atomic E-state index is 0.0139. The van der Waals surface area contributed by atoms with Gasteiger partial charge in [0, 0.05) is 40.0 Å². The average Bonchev–Trinajstić information content (AvgIpc) is 2.97. The molecule has 0 aliphatic rings. The minimum atomic E-state index is -1.19. The summed E-state index contributed by atoms with van der Waals surface area (Å²) in [5.41, 5.74) is 6.34. The van der Waals surface area contributed by atoms with Crippen LogP contribution in [0.1, 0.15) is 56.0 Å². The number of para-hydroxylation sites is 1. The number of rotatable bonds is 18. The molecule has 2 aromatic carbocycles. The van der Waals surface area contributed by atoms with Gasteiger partial charge in [0.25, 0.3) is 11.8 Å². The third-order valence-electron chi connectivity index (χ3n) is 7.31. The van der Waals surface area contributed by atoms with Gasteiger partial charge in [-0.25, -0.2) is 0 Å². The van der Waals surface area contributed by atoms with Crippen LogP contribution in [0.4, 0.5) is 0 Å². The SMILES string of the molecule is COCCCCOc1ccccc1C(=O)NCC(CC(N)C(O)CNC(=O)C(C)(OC)c1ccccc1)C(C)C. The molecule has 222 valence electrons. The van der Waals surface area contributed by atoms with Crippen LogP contribution in [-0.4, -0.2) is 69.6 Å². The van der Waals surface area contributed by atoms with Gasteiger partial charge in [-0.2, -0.15) is 0 Å². The van der Waals surface area contributed by atoms with Gasteiger partial charge < -0.3 is 35.7 Å². The lowest BCUT2D eigenvalue weighted by Crippen LogP contribution is -2.50. The molecular formula is C31H47N3O6. The normalized spacial score (nSPS) is 15.1. The molecule has 9 nitrogen and oxygen atoms in total. The monoisotopic (exact) mass is 557 g/mol. The van der Waals surface area contributed by atoms with Crippen LogP contribution in [-0.2, 0) is 19.9 Å². The van der Waals surface area contributed by atoms with Gasteiger partial charge >= 0.3 is 0 Å². The summed E-state index contributed by atoms with van der Waals surface area (Å²) in [7, 11) is 3.14. The van der Waals surface area contributed by atoms with E-state index in [2.05, 4.69) is 24.5 Å². The van der Waals surface area contributed by atoms with E-state index in [0.717, 1.165) is 12.8 Å². The Balaban J connectivity index is 1.91. The summed E-state index contributed by atoms with van der Waals surface area (Å²) in [5, 5.41) is 16.5. The Bertz CT molecular complexity index is 1030. The summed E-state index contributed by atoms with van der Waals surface area (Å²) >= 11 is 0. The summed E-state index contributed by atoms with van der Waals surface area (Å²) in [6.45, 7) is 7.34. The molecule has 0 heterocycles. The number of carbonyl (C=O) groups is 2. The molecule has 0 fully saturated rings. The van der Waals surface area contributed by atoms with E-state index in [-0.39, 0.29) is 30.2 Å². The van der Waals surface area contributed by atoms with Gasteiger partial charge in [0.2, 0.25) is 0 Å². The summed E-state index contributed by atoms with van der Waals surface area (Å²) in [6.07, 6.45) is 1.21. The molecule has 4 unspecified atom stereocenters. The number of hydrogen-bond donors (Lipinski definition) is 4. The smallest absolute Gasteiger partial charge is 0.256 e. The first-order chi connectivity index (χ1) is 19.1. The molecule has 2 aromatic rings. The first-order valence-electron chi connectivity index (χ1n) is 14.0. The maximum atomic E-state index is 13.0. The molecule has 4 atom stereocenters. The highest BCUT2D eigenvalue weighted by Crippen LogP contribution is 2.25. The zero-order valence-corrected chi connectivity index (χ0v) is 24.5. The van der Waals surface area contributed by atoms with Crippen LogP contribution in [0.25, 0.3) is 0 Å². The highest BCUT2D eigenvalue weighted by Gasteiger charge is 2.35. The van der Waals surface area contributed by atoms with Gasteiger partial charge in [-0.05, 0) is 55.7 Å². The van der Waals surface area contributed by atoms with Crippen molar-refractivity contribution in [1.29, 1.82) is 0 Å². The Morgan fingerprint density at radius 1 is 0.950 bits per heavy atom. The number of carbonyl (C=O) groups excluding carboxylic acids is 2. The predicted octanol–water partition coefficient (Wildman–Crippen LogP) is 3.25. The number of aliphatic hydroxyl groups excluding tert-OH is 1. The summed E-state index contributed by atoms with van der Waals surface area (Å²) in [4.78, 5) is 26.0. The van der Waals surface area contributed by atoms with Crippen molar-refractivity contribution in [3.63, 3.8) is 0 Å². The molecule has 0 saturated heterocycles. The molecule has 0 aliphatic carbocycles. The Morgan fingerprint density at radius 3 is 2.25 bits per heavy atom. The molecule has 0 aliphatic heterocycles. The van der Waals surface area contributed by atoms with E-state index < -0.39 is 17.7 Å². The number of ether oxygens (including phenoxy) is 3. The van der Waals surface area contributed by atoms with Crippen LogP contribution in [0.2, 0.25) is 0 Å². The van der Waals surface area contributed by atoms with Crippen LogP contribution in [0.5, 0.6) is 5.75 Å². The van der Waals surface area contributed by atoms with Crippen molar-refractivity contribution < 1.29 is 28.9 Å². The molecule has 2 rings (SSSR count). The topological polar surface area (TPSA) is 132 Å². The van der Waals surface area contributed by atoms with Crippen molar-refractivity contribution in [3.8, 4) is 5.75 Å². The van der Waals surface area contributed by atoms with E-state index in [4.69, 9.17) is 19.9 Å². The van der Waals surface area contributed by atoms with E-state index in [1.165, 1.54) is 7.11 Å². The lowest BCUT2D eigenvalue weighted by atomic mass is 9.87. The van der Waals surface area contributed by atoms with Gasteiger partial charge in [0.05, 0.1) is 18.3 Å². The number of unbranched alkanes of at least 4 members (excludes halogenated alkanes) is 1. The molecule has 2 amide bonds.